The number of hydrogen-bond acceptors (Lipinski definition) is 7. The minimum Gasteiger partial charge on any atom is -0.497 e. The monoisotopic (exact) mass is 356 g/mol. The van der Waals surface area contributed by atoms with Crippen LogP contribution < -0.4 is 9.47 Å². The van der Waals surface area contributed by atoms with E-state index in [1.165, 1.54) is 24.6 Å². The van der Waals surface area contributed by atoms with Gasteiger partial charge >= 0.3 is 5.97 Å². The third-order valence-corrected chi connectivity index (χ3v) is 4.41. The second-order valence-corrected chi connectivity index (χ2v) is 6.07. The summed E-state index contributed by atoms with van der Waals surface area (Å²) < 4.78 is 15.5. The van der Waals surface area contributed by atoms with Crippen molar-refractivity contribution in [3.63, 3.8) is 0 Å². The van der Waals surface area contributed by atoms with Crippen molar-refractivity contribution in [3.8, 4) is 22.2 Å². The third-order valence-electron chi connectivity index (χ3n) is 3.41. The Balaban J connectivity index is 1.63. The van der Waals surface area contributed by atoms with Gasteiger partial charge in [0.25, 0.3) is 0 Å². The molecule has 3 aromatic rings. The predicted molar refractivity (Wildman–Crippen MR) is 94.0 cm³/mol. The summed E-state index contributed by atoms with van der Waals surface area (Å²) in [5, 5.41) is 0.655. The fourth-order valence-corrected chi connectivity index (χ4v) is 2.88. The van der Waals surface area contributed by atoms with Crippen LogP contribution in [-0.4, -0.2) is 30.2 Å². The molecule has 128 valence electrons. The maximum Gasteiger partial charge on any atom is 0.349 e. The van der Waals surface area contributed by atoms with E-state index in [0.717, 1.165) is 11.3 Å². The summed E-state index contributed by atoms with van der Waals surface area (Å²) in [6, 6.07) is 11.3. The number of nitrogens with zero attached hydrogens (tertiary/aromatic N) is 2. The highest BCUT2D eigenvalue weighted by Gasteiger charge is 2.12. The molecule has 0 saturated carbocycles. The van der Waals surface area contributed by atoms with Gasteiger partial charge in [-0.15, -0.1) is 11.3 Å². The fourth-order valence-electron chi connectivity index (χ4n) is 2.07. The summed E-state index contributed by atoms with van der Waals surface area (Å²) in [7, 11) is 2.98. The Morgan fingerprint density at radius 2 is 1.76 bits per heavy atom. The van der Waals surface area contributed by atoms with Crippen LogP contribution in [0.5, 0.6) is 11.5 Å². The van der Waals surface area contributed by atoms with E-state index in [2.05, 4.69) is 14.7 Å². The first kappa shape index (κ1) is 16.9. The second-order valence-electron chi connectivity index (χ2n) is 5.04. The molecule has 0 saturated heterocycles. The number of rotatable bonds is 6. The van der Waals surface area contributed by atoms with Gasteiger partial charge in [-0.2, -0.15) is 0 Å². The molecule has 0 radical (unpaired) electrons. The molecule has 3 rings (SSSR count). The van der Waals surface area contributed by atoms with Crippen molar-refractivity contribution >= 4 is 17.3 Å². The van der Waals surface area contributed by atoms with Crippen molar-refractivity contribution in [1.82, 2.24) is 9.97 Å². The minimum absolute atomic E-state index is 0.400. The van der Waals surface area contributed by atoms with Gasteiger partial charge in [-0.3, -0.25) is 0 Å². The smallest absolute Gasteiger partial charge is 0.349 e. The molecule has 25 heavy (non-hydrogen) atoms. The fraction of sp³-hybridized carbons (Fsp3) is 0.167. The molecule has 0 spiro atoms. The highest BCUT2D eigenvalue weighted by molar-refractivity contribution is 7.16. The van der Waals surface area contributed by atoms with Crippen LogP contribution in [0.1, 0.15) is 15.2 Å². The SMILES string of the molecule is COC(=O)c1cnc(-c2ccc(OCc3ccc(OC)cc3)cn2)s1. The van der Waals surface area contributed by atoms with Crippen LogP contribution in [0.3, 0.4) is 0 Å². The Hall–Kier alpha value is -2.93. The summed E-state index contributed by atoms with van der Waals surface area (Å²) in [5.74, 6) is 1.07. The molecular formula is C18H16N2O4S. The first-order valence-electron chi connectivity index (χ1n) is 7.46. The summed E-state index contributed by atoms with van der Waals surface area (Å²) in [5.41, 5.74) is 1.71. The number of thiazole rings is 1. The lowest BCUT2D eigenvalue weighted by atomic mass is 10.2. The topological polar surface area (TPSA) is 70.5 Å². The molecule has 0 bridgehead atoms. The average Bonchev–Trinajstić information content (AvgIpc) is 3.17. The highest BCUT2D eigenvalue weighted by Crippen LogP contribution is 2.25. The van der Waals surface area contributed by atoms with Crippen LogP contribution in [0.4, 0.5) is 0 Å². The van der Waals surface area contributed by atoms with E-state index in [0.29, 0.717) is 27.9 Å². The number of hydrogen-bond donors (Lipinski definition) is 0. The van der Waals surface area contributed by atoms with E-state index >= 15 is 0 Å². The molecular weight excluding hydrogens is 340 g/mol. The van der Waals surface area contributed by atoms with Gasteiger partial charge in [-0.25, -0.2) is 14.8 Å². The Morgan fingerprint density at radius 3 is 2.40 bits per heavy atom. The van der Waals surface area contributed by atoms with E-state index in [9.17, 15) is 4.79 Å². The first-order chi connectivity index (χ1) is 12.2. The predicted octanol–water partition coefficient (Wildman–Crippen LogP) is 3.58. The van der Waals surface area contributed by atoms with E-state index < -0.39 is 5.97 Å². The molecule has 0 aliphatic rings. The van der Waals surface area contributed by atoms with E-state index in [1.807, 2.05) is 36.4 Å². The van der Waals surface area contributed by atoms with Gasteiger partial charge in [0.15, 0.2) is 0 Å². The third kappa shape index (κ3) is 4.13. The van der Waals surface area contributed by atoms with Crippen LogP contribution in [0.25, 0.3) is 10.7 Å². The molecule has 0 unspecified atom stereocenters. The van der Waals surface area contributed by atoms with Crippen molar-refractivity contribution in [2.24, 2.45) is 0 Å². The van der Waals surface area contributed by atoms with Gasteiger partial charge < -0.3 is 14.2 Å². The molecule has 0 N–H and O–H groups in total. The standard InChI is InChI=1S/C18H16N2O4S/c1-22-13-5-3-12(4-6-13)11-24-14-7-8-15(19-9-14)17-20-10-16(25-17)18(21)23-2/h3-10H,11H2,1-2H3. The normalized spacial score (nSPS) is 10.3. The van der Waals surface area contributed by atoms with E-state index in [4.69, 9.17) is 9.47 Å². The molecule has 0 fully saturated rings. The summed E-state index contributed by atoms with van der Waals surface area (Å²) in [6.45, 7) is 0.439. The Bertz CT molecular complexity index is 844. The molecule has 0 aliphatic heterocycles. The molecule has 1 aromatic carbocycles. The molecule has 2 aromatic heterocycles. The Labute approximate surface area is 149 Å². The molecule has 6 nitrogen and oxygen atoms in total. The summed E-state index contributed by atoms with van der Waals surface area (Å²) >= 11 is 1.24. The van der Waals surface area contributed by atoms with Crippen LogP contribution in [0.15, 0.2) is 48.8 Å². The first-order valence-corrected chi connectivity index (χ1v) is 8.27. The number of esters is 1. The molecule has 0 aliphatic carbocycles. The zero-order valence-corrected chi connectivity index (χ0v) is 14.6. The maximum atomic E-state index is 11.5. The van der Waals surface area contributed by atoms with Gasteiger partial charge in [-0.1, -0.05) is 12.1 Å². The van der Waals surface area contributed by atoms with Gasteiger partial charge in [0.2, 0.25) is 0 Å². The number of aromatic nitrogens is 2. The minimum atomic E-state index is -0.400. The van der Waals surface area contributed by atoms with Crippen molar-refractivity contribution in [2.45, 2.75) is 6.61 Å². The van der Waals surface area contributed by atoms with Crippen LogP contribution >= 0.6 is 11.3 Å². The van der Waals surface area contributed by atoms with Crippen molar-refractivity contribution in [2.75, 3.05) is 14.2 Å². The van der Waals surface area contributed by atoms with Gasteiger partial charge in [-0.05, 0) is 29.8 Å². The Morgan fingerprint density at radius 1 is 1.00 bits per heavy atom. The highest BCUT2D eigenvalue weighted by atomic mass is 32.1. The average molecular weight is 356 g/mol. The summed E-state index contributed by atoms with van der Waals surface area (Å²) in [6.07, 6.45) is 3.12. The molecule has 7 heteroatoms. The van der Waals surface area contributed by atoms with E-state index in [1.54, 1.807) is 13.3 Å². The number of benzene rings is 1. The summed E-state index contributed by atoms with van der Waals surface area (Å²) in [4.78, 5) is 20.5. The lowest BCUT2D eigenvalue weighted by Gasteiger charge is -2.07. The largest absolute Gasteiger partial charge is 0.497 e. The number of methoxy groups -OCH3 is 2. The Kier molecular flexibility index (Phi) is 5.25. The maximum absolute atomic E-state index is 11.5. The van der Waals surface area contributed by atoms with Crippen molar-refractivity contribution in [3.05, 3.63) is 59.2 Å². The van der Waals surface area contributed by atoms with Gasteiger partial charge in [0.1, 0.15) is 28.0 Å². The molecule has 0 amide bonds. The lowest BCUT2D eigenvalue weighted by molar-refractivity contribution is 0.0606. The molecule has 0 atom stereocenters. The number of ether oxygens (including phenoxy) is 3. The van der Waals surface area contributed by atoms with Crippen molar-refractivity contribution < 1.29 is 19.0 Å². The lowest BCUT2D eigenvalue weighted by Crippen LogP contribution is -1.96. The van der Waals surface area contributed by atoms with E-state index in [-0.39, 0.29) is 0 Å². The van der Waals surface area contributed by atoms with Crippen molar-refractivity contribution in [1.29, 1.82) is 0 Å². The zero-order chi connectivity index (χ0) is 17.6. The van der Waals surface area contributed by atoms with Crippen LogP contribution in [0, 0.1) is 0 Å². The quantitative estimate of drug-likeness (QED) is 0.629. The number of carbonyl (C=O) groups excluding carboxylic acids is 1. The zero-order valence-electron chi connectivity index (χ0n) is 13.8. The van der Waals surface area contributed by atoms with Gasteiger partial charge in [0.05, 0.1) is 32.3 Å². The van der Waals surface area contributed by atoms with Gasteiger partial charge in [0, 0.05) is 0 Å². The van der Waals surface area contributed by atoms with Crippen LogP contribution in [-0.2, 0) is 11.3 Å². The number of carbonyl (C=O) groups is 1. The second kappa shape index (κ2) is 7.76. The molecule has 2 heterocycles. The number of pyridine rings is 1. The van der Waals surface area contributed by atoms with Crippen LogP contribution in [0.2, 0.25) is 0 Å².